The number of benzene rings is 1. The van der Waals surface area contributed by atoms with Crippen LogP contribution in [0.4, 0.5) is 5.82 Å². The van der Waals surface area contributed by atoms with Crippen LogP contribution in [0.15, 0.2) is 47.5 Å². The molecule has 170 valence electrons. The number of nitrogens with zero attached hydrogens (tertiary/aromatic N) is 4. The normalized spacial score (nSPS) is 12.0. The highest BCUT2D eigenvalue weighted by Crippen LogP contribution is 2.21. The summed E-state index contributed by atoms with van der Waals surface area (Å²) in [7, 11) is 1.77. The van der Waals surface area contributed by atoms with E-state index in [2.05, 4.69) is 52.8 Å². The summed E-state index contributed by atoms with van der Waals surface area (Å²) < 4.78 is 1.63. The summed E-state index contributed by atoms with van der Waals surface area (Å²) >= 11 is 1.83. The first-order chi connectivity index (χ1) is 15.0. The molecule has 0 aliphatic carbocycles. The summed E-state index contributed by atoms with van der Waals surface area (Å²) in [6.07, 6.45) is 2.42. The molecule has 0 amide bonds. The Labute approximate surface area is 210 Å². The molecule has 7 nitrogen and oxygen atoms in total. The monoisotopic (exact) mass is 563 g/mol. The molecule has 32 heavy (non-hydrogen) atoms. The van der Waals surface area contributed by atoms with Crippen LogP contribution >= 0.6 is 35.3 Å². The molecule has 1 unspecified atom stereocenters. The van der Waals surface area contributed by atoms with Gasteiger partial charge in [0, 0.05) is 35.8 Å². The Morgan fingerprint density at radius 3 is 2.66 bits per heavy atom. The number of aryl methyl sites for hydroxylation is 2. The van der Waals surface area contributed by atoms with Gasteiger partial charge in [0.25, 0.3) is 0 Å². The van der Waals surface area contributed by atoms with Crippen molar-refractivity contribution in [3.8, 4) is 11.8 Å². The molecule has 0 radical (unpaired) electrons. The molecule has 2 heterocycles. The van der Waals surface area contributed by atoms with Gasteiger partial charge in [-0.25, -0.2) is 4.68 Å². The molecule has 2 aromatic heterocycles. The highest BCUT2D eigenvalue weighted by atomic mass is 127. The van der Waals surface area contributed by atoms with Crippen molar-refractivity contribution < 1.29 is 0 Å². The van der Waals surface area contributed by atoms with Crippen LogP contribution < -0.4 is 16.4 Å². The first-order valence-corrected chi connectivity index (χ1v) is 11.2. The zero-order valence-electron chi connectivity index (χ0n) is 18.6. The van der Waals surface area contributed by atoms with Gasteiger partial charge in [-0.15, -0.1) is 35.3 Å². The second-order valence-electron chi connectivity index (χ2n) is 7.43. The third-order valence-electron chi connectivity index (χ3n) is 4.90. The van der Waals surface area contributed by atoms with Crippen molar-refractivity contribution in [1.82, 2.24) is 20.4 Å². The maximum absolute atomic E-state index is 9.54. The van der Waals surface area contributed by atoms with Gasteiger partial charge in [-0.2, -0.15) is 10.4 Å². The molecule has 0 aliphatic rings. The molecule has 0 saturated heterocycles. The van der Waals surface area contributed by atoms with E-state index >= 15 is 0 Å². The summed E-state index contributed by atoms with van der Waals surface area (Å²) in [5.74, 6) is 1.15. The summed E-state index contributed by atoms with van der Waals surface area (Å²) in [4.78, 5) is 7.01. The number of nitriles is 1. The smallest absolute Gasteiger partial charge is 0.191 e. The van der Waals surface area contributed by atoms with E-state index in [0.717, 1.165) is 30.2 Å². The van der Waals surface area contributed by atoms with Crippen LogP contribution in [0, 0.1) is 18.3 Å². The van der Waals surface area contributed by atoms with E-state index < -0.39 is 0 Å². The van der Waals surface area contributed by atoms with Gasteiger partial charge in [0.05, 0.1) is 11.4 Å². The molecule has 0 fully saturated rings. The van der Waals surface area contributed by atoms with Crippen molar-refractivity contribution in [1.29, 1.82) is 5.26 Å². The lowest BCUT2D eigenvalue weighted by Gasteiger charge is -2.17. The lowest BCUT2D eigenvalue weighted by Crippen LogP contribution is -2.43. The standard InChI is InChI=1S/C23H29N7S.HI/c1-16(14-19-12-11-17(2)31-19)28-23(26-3)27-13-7-10-21-20(15-24)22(25)30(29-21)18-8-5-4-6-9-18;/h4-6,8-9,11-12,16H,7,10,13-14,25H2,1-3H3,(H2,26,27,28);1H. The van der Waals surface area contributed by atoms with Crippen LogP contribution in [0.1, 0.15) is 34.4 Å². The van der Waals surface area contributed by atoms with E-state index in [-0.39, 0.29) is 30.0 Å². The third kappa shape index (κ3) is 6.71. The fraction of sp³-hybridized carbons (Fsp3) is 0.348. The van der Waals surface area contributed by atoms with Crippen molar-refractivity contribution in [2.24, 2.45) is 4.99 Å². The number of hydrogen-bond donors (Lipinski definition) is 3. The Kier molecular flexibility index (Phi) is 9.99. The average Bonchev–Trinajstić information content (AvgIpc) is 3.32. The van der Waals surface area contributed by atoms with Crippen molar-refractivity contribution in [2.45, 2.75) is 39.2 Å². The molecule has 1 atom stereocenters. The van der Waals surface area contributed by atoms with Gasteiger partial charge in [0.2, 0.25) is 0 Å². The molecular weight excluding hydrogens is 533 g/mol. The van der Waals surface area contributed by atoms with E-state index in [1.807, 2.05) is 41.7 Å². The van der Waals surface area contributed by atoms with Crippen molar-refractivity contribution in [2.75, 3.05) is 19.3 Å². The van der Waals surface area contributed by atoms with Gasteiger partial charge < -0.3 is 16.4 Å². The van der Waals surface area contributed by atoms with E-state index in [9.17, 15) is 5.26 Å². The molecule has 3 aromatic rings. The Hall–Kier alpha value is -2.58. The van der Waals surface area contributed by atoms with Crippen LogP contribution in [0.5, 0.6) is 0 Å². The van der Waals surface area contributed by atoms with Crippen LogP contribution in [0.25, 0.3) is 5.69 Å². The van der Waals surface area contributed by atoms with E-state index in [1.165, 1.54) is 9.75 Å². The molecule has 3 rings (SSSR count). The average molecular weight is 564 g/mol. The van der Waals surface area contributed by atoms with Crippen LogP contribution in [-0.4, -0.2) is 35.4 Å². The first-order valence-electron chi connectivity index (χ1n) is 10.4. The zero-order chi connectivity index (χ0) is 22.2. The predicted molar refractivity (Wildman–Crippen MR) is 143 cm³/mol. The van der Waals surface area contributed by atoms with Crippen LogP contribution in [0.3, 0.4) is 0 Å². The van der Waals surface area contributed by atoms with Gasteiger partial charge in [0.1, 0.15) is 17.5 Å². The van der Waals surface area contributed by atoms with Gasteiger partial charge in [-0.05, 0) is 51.0 Å². The van der Waals surface area contributed by atoms with Crippen molar-refractivity contribution >= 4 is 47.1 Å². The number of guanidine groups is 1. The Balaban J connectivity index is 0.00000363. The van der Waals surface area contributed by atoms with E-state index in [0.29, 0.717) is 24.3 Å². The minimum Gasteiger partial charge on any atom is -0.382 e. The number of para-hydroxylation sites is 1. The van der Waals surface area contributed by atoms with Crippen molar-refractivity contribution in [3.63, 3.8) is 0 Å². The molecule has 0 saturated carbocycles. The SMILES string of the molecule is CN=C(NCCCc1nn(-c2ccccc2)c(N)c1C#N)NC(C)Cc1ccc(C)s1.I. The summed E-state index contributed by atoms with van der Waals surface area (Å²) in [6.45, 7) is 4.99. The number of thiophene rings is 1. The minimum atomic E-state index is 0. The number of nitrogens with one attached hydrogen (secondary N) is 2. The summed E-state index contributed by atoms with van der Waals surface area (Å²) in [6, 6.07) is 16.4. The number of nitrogen functional groups attached to an aromatic ring is 1. The quantitative estimate of drug-likeness (QED) is 0.166. The Bertz CT molecular complexity index is 1070. The Morgan fingerprint density at radius 1 is 1.28 bits per heavy atom. The Morgan fingerprint density at radius 2 is 2.03 bits per heavy atom. The molecule has 9 heteroatoms. The van der Waals surface area contributed by atoms with Gasteiger partial charge >= 0.3 is 0 Å². The molecular formula is C23H30IN7S. The maximum Gasteiger partial charge on any atom is 0.191 e. The fourth-order valence-corrected chi connectivity index (χ4v) is 4.40. The summed E-state index contributed by atoms with van der Waals surface area (Å²) in [5.41, 5.74) is 8.19. The number of hydrogen-bond acceptors (Lipinski definition) is 5. The zero-order valence-corrected chi connectivity index (χ0v) is 21.8. The second kappa shape index (κ2) is 12.5. The number of nitrogens with two attached hydrogens (primary N) is 1. The molecule has 0 aliphatic heterocycles. The van der Waals surface area contributed by atoms with Crippen molar-refractivity contribution in [3.05, 3.63) is 63.5 Å². The van der Waals surface area contributed by atoms with E-state index in [1.54, 1.807) is 11.7 Å². The highest BCUT2D eigenvalue weighted by molar-refractivity contribution is 14.0. The lowest BCUT2D eigenvalue weighted by molar-refractivity contribution is 0.638. The maximum atomic E-state index is 9.54. The van der Waals surface area contributed by atoms with E-state index in [4.69, 9.17) is 5.73 Å². The van der Waals surface area contributed by atoms with Gasteiger partial charge in [-0.3, -0.25) is 4.99 Å². The second-order valence-corrected chi connectivity index (χ2v) is 8.80. The minimum absolute atomic E-state index is 0. The number of halogens is 1. The fourth-order valence-electron chi connectivity index (χ4n) is 3.38. The molecule has 1 aromatic carbocycles. The number of aromatic nitrogens is 2. The predicted octanol–water partition coefficient (Wildman–Crippen LogP) is 4.04. The molecule has 0 spiro atoms. The topological polar surface area (TPSA) is 104 Å². The molecule has 4 N–H and O–H groups in total. The number of aliphatic imine (C=N–C) groups is 1. The van der Waals surface area contributed by atoms with Crippen LogP contribution in [0.2, 0.25) is 0 Å². The van der Waals surface area contributed by atoms with Gasteiger partial charge in [0.15, 0.2) is 5.96 Å². The molecule has 0 bridgehead atoms. The number of rotatable bonds is 8. The third-order valence-corrected chi connectivity index (χ3v) is 5.92. The highest BCUT2D eigenvalue weighted by Gasteiger charge is 2.16. The summed E-state index contributed by atoms with van der Waals surface area (Å²) in [5, 5.41) is 20.9. The largest absolute Gasteiger partial charge is 0.382 e. The number of anilines is 1. The first kappa shape index (κ1) is 25.7. The lowest BCUT2D eigenvalue weighted by atomic mass is 10.1. The van der Waals surface area contributed by atoms with Gasteiger partial charge in [-0.1, -0.05) is 18.2 Å². The van der Waals surface area contributed by atoms with Crippen LogP contribution in [-0.2, 0) is 12.8 Å².